The van der Waals surface area contributed by atoms with E-state index in [1.54, 1.807) is 7.11 Å². The summed E-state index contributed by atoms with van der Waals surface area (Å²) in [7, 11) is -0.439. The molecule has 0 heterocycles. The molecule has 3 rings (SSSR count). The van der Waals surface area contributed by atoms with Gasteiger partial charge in [-0.1, -0.05) is 34.3 Å². The standard InChI is InChI=1S/C21H38O4Si/c1-16(10-12-24-15-23-6)21(25-26(7,8)19(2,3)4)14-20(5)11-9-17(21)18(22)13-20/h17H,1,9-15H2,2-8H3/t17-,20-,21+/m0/s1. The third kappa shape index (κ3) is 4.16. The predicted octanol–water partition coefficient (Wildman–Crippen LogP) is 5.09. The van der Waals surface area contributed by atoms with Crippen LogP contribution >= 0.6 is 0 Å². The molecule has 4 nitrogen and oxygen atoms in total. The van der Waals surface area contributed by atoms with Crippen LogP contribution in [0.15, 0.2) is 12.2 Å². The molecule has 3 aliphatic carbocycles. The summed E-state index contributed by atoms with van der Waals surface area (Å²) in [4.78, 5) is 12.9. The summed E-state index contributed by atoms with van der Waals surface area (Å²) < 4.78 is 17.5. The van der Waals surface area contributed by atoms with Crippen molar-refractivity contribution < 1.29 is 18.7 Å². The first-order chi connectivity index (χ1) is 11.9. The van der Waals surface area contributed by atoms with Crippen LogP contribution in [-0.2, 0) is 18.7 Å². The van der Waals surface area contributed by atoms with Gasteiger partial charge in [0.25, 0.3) is 0 Å². The highest BCUT2D eigenvalue weighted by Crippen LogP contribution is 2.59. The molecular formula is C21H38O4Si. The van der Waals surface area contributed by atoms with Crippen LogP contribution in [0, 0.1) is 11.3 Å². The summed E-state index contributed by atoms with van der Waals surface area (Å²) in [6.45, 7) is 18.8. The lowest BCUT2D eigenvalue weighted by Gasteiger charge is -2.59. The van der Waals surface area contributed by atoms with Crippen molar-refractivity contribution in [2.45, 2.75) is 83.5 Å². The van der Waals surface area contributed by atoms with E-state index in [4.69, 9.17) is 13.9 Å². The Kier molecular flexibility index (Phi) is 6.28. The molecule has 3 saturated carbocycles. The number of hydrogen-bond donors (Lipinski definition) is 0. The Hall–Kier alpha value is -0.493. The van der Waals surface area contributed by atoms with Gasteiger partial charge in [-0.05, 0) is 54.8 Å². The molecule has 0 saturated heterocycles. The molecule has 0 radical (unpaired) electrons. The Labute approximate surface area is 160 Å². The lowest BCUT2D eigenvalue weighted by molar-refractivity contribution is -0.152. The first kappa shape index (κ1) is 21.8. The van der Waals surface area contributed by atoms with Crippen molar-refractivity contribution >= 4 is 14.1 Å². The Morgan fingerprint density at radius 2 is 2.00 bits per heavy atom. The summed E-state index contributed by atoms with van der Waals surface area (Å²) in [6, 6.07) is 0. The maximum Gasteiger partial charge on any atom is 0.193 e. The van der Waals surface area contributed by atoms with E-state index in [9.17, 15) is 4.79 Å². The zero-order chi connectivity index (χ0) is 19.8. The van der Waals surface area contributed by atoms with Gasteiger partial charge in [-0.2, -0.15) is 0 Å². The Balaban J connectivity index is 2.33. The fourth-order valence-electron chi connectivity index (χ4n) is 4.40. The van der Waals surface area contributed by atoms with E-state index in [0.717, 1.165) is 24.8 Å². The van der Waals surface area contributed by atoms with Gasteiger partial charge in [0.15, 0.2) is 8.32 Å². The van der Waals surface area contributed by atoms with Crippen LogP contribution in [0.5, 0.6) is 0 Å². The molecule has 150 valence electrons. The van der Waals surface area contributed by atoms with E-state index in [1.807, 2.05) is 0 Å². The van der Waals surface area contributed by atoms with Gasteiger partial charge in [0.05, 0.1) is 12.2 Å². The molecule has 0 aliphatic heterocycles. The van der Waals surface area contributed by atoms with E-state index in [-0.39, 0.29) is 23.2 Å². The monoisotopic (exact) mass is 382 g/mol. The summed E-state index contributed by atoms with van der Waals surface area (Å²) in [5, 5.41) is 0.0907. The van der Waals surface area contributed by atoms with Crippen molar-refractivity contribution in [3.8, 4) is 0 Å². The quantitative estimate of drug-likeness (QED) is 0.254. The summed E-state index contributed by atoms with van der Waals surface area (Å²) in [5.74, 6) is 0.316. The van der Waals surface area contributed by atoms with Gasteiger partial charge in [-0.3, -0.25) is 4.79 Å². The number of ether oxygens (including phenoxy) is 2. The van der Waals surface area contributed by atoms with Crippen LogP contribution in [0.2, 0.25) is 18.1 Å². The van der Waals surface area contributed by atoms with Crippen LogP contribution in [-0.4, -0.2) is 40.2 Å². The first-order valence-electron chi connectivity index (χ1n) is 9.85. The van der Waals surface area contributed by atoms with Crippen molar-refractivity contribution in [1.29, 1.82) is 0 Å². The second kappa shape index (κ2) is 7.49. The van der Waals surface area contributed by atoms with Crippen molar-refractivity contribution in [2.24, 2.45) is 11.3 Å². The van der Waals surface area contributed by atoms with Crippen LogP contribution in [0.25, 0.3) is 0 Å². The molecule has 0 amide bonds. The SMILES string of the molecule is C=C(CCOCOC)[C@]1(O[Si](C)(C)C(C)(C)C)C[C@@]2(C)CC[C@H]1C(=O)C2. The van der Waals surface area contributed by atoms with Gasteiger partial charge in [-0.25, -0.2) is 0 Å². The zero-order valence-electron chi connectivity index (χ0n) is 17.9. The molecule has 3 atom stereocenters. The molecule has 0 spiro atoms. The Morgan fingerprint density at radius 3 is 2.50 bits per heavy atom. The minimum atomic E-state index is -2.06. The summed E-state index contributed by atoms with van der Waals surface area (Å²) in [6.07, 6.45) is 4.33. The molecule has 26 heavy (non-hydrogen) atoms. The van der Waals surface area contributed by atoms with Crippen LogP contribution in [0.1, 0.15) is 59.8 Å². The van der Waals surface area contributed by atoms with Crippen molar-refractivity contribution in [2.75, 3.05) is 20.5 Å². The molecule has 5 heteroatoms. The van der Waals surface area contributed by atoms with Crippen molar-refractivity contribution in [3.05, 3.63) is 12.2 Å². The number of methoxy groups -OCH3 is 1. The molecule has 3 aliphatic rings. The smallest absolute Gasteiger partial charge is 0.193 e. The normalized spacial score (nSPS) is 32.1. The number of carbonyl (C=O) groups is 1. The molecule has 2 bridgehead atoms. The van der Waals surface area contributed by atoms with E-state index < -0.39 is 13.9 Å². The van der Waals surface area contributed by atoms with E-state index in [1.165, 1.54) is 0 Å². The topological polar surface area (TPSA) is 44.8 Å². The number of rotatable bonds is 8. The molecule has 0 aromatic heterocycles. The number of fused-ring (bicyclic) bond motifs is 3. The molecule has 0 N–H and O–H groups in total. The van der Waals surface area contributed by atoms with Gasteiger partial charge < -0.3 is 13.9 Å². The highest BCUT2D eigenvalue weighted by molar-refractivity contribution is 6.74. The lowest BCUT2D eigenvalue weighted by Crippen LogP contribution is -2.62. The summed E-state index contributed by atoms with van der Waals surface area (Å²) >= 11 is 0. The molecule has 3 fully saturated rings. The molecular weight excluding hydrogens is 344 g/mol. The zero-order valence-corrected chi connectivity index (χ0v) is 18.9. The van der Waals surface area contributed by atoms with Gasteiger partial charge in [0, 0.05) is 19.4 Å². The first-order valence-corrected chi connectivity index (χ1v) is 12.8. The average Bonchev–Trinajstić information content (AvgIpc) is 2.48. The second-order valence-electron chi connectivity index (χ2n) is 10.1. The minimum Gasteiger partial charge on any atom is -0.407 e. The van der Waals surface area contributed by atoms with E-state index in [2.05, 4.69) is 47.4 Å². The van der Waals surface area contributed by atoms with Crippen LogP contribution in [0.4, 0.5) is 0 Å². The largest absolute Gasteiger partial charge is 0.407 e. The minimum absolute atomic E-state index is 0.0323. The highest BCUT2D eigenvalue weighted by Gasteiger charge is 2.60. The van der Waals surface area contributed by atoms with Crippen molar-refractivity contribution in [1.82, 2.24) is 0 Å². The van der Waals surface area contributed by atoms with E-state index >= 15 is 0 Å². The highest BCUT2D eigenvalue weighted by atomic mass is 28.4. The molecule has 0 unspecified atom stereocenters. The third-order valence-electron chi connectivity index (χ3n) is 6.87. The maximum atomic E-state index is 12.9. The lowest BCUT2D eigenvalue weighted by atomic mass is 9.53. The third-order valence-corrected chi connectivity index (χ3v) is 11.4. The van der Waals surface area contributed by atoms with Crippen LogP contribution in [0.3, 0.4) is 0 Å². The maximum absolute atomic E-state index is 12.9. The fourth-order valence-corrected chi connectivity index (χ4v) is 5.97. The van der Waals surface area contributed by atoms with Gasteiger partial charge in [0.2, 0.25) is 0 Å². The fraction of sp³-hybridized carbons (Fsp3) is 0.857. The average molecular weight is 383 g/mol. The van der Waals surface area contributed by atoms with Crippen molar-refractivity contribution in [3.63, 3.8) is 0 Å². The number of hydrogen-bond acceptors (Lipinski definition) is 4. The van der Waals surface area contributed by atoms with Gasteiger partial charge >= 0.3 is 0 Å². The number of carbonyl (C=O) groups excluding carboxylic acids is 1. The van der Waals surface area contributed by atoms with Gasteiger partial charge in [-0.15, -0.1) is 0 Å². The summed E-state index contributed by atoms with van der Waals surface area (Å²) in [5.41, 5.74) is 0.536. The Morgan fingerprint density at radius 1 is 1.35 bits per heavy atom. The second-order valence-corrected chi connectivity index (χ2v) is 14.9. The van der Waals surface area contributed by atoms with Crippen LogP contribution < -0.4 is 0 Å². The predicted molar refractivity (Wildman–Crippen MR) is 108 cm³/mol. The molecule has 0 aromatic rings. The number of ketones is 1. The van der Waals surface area contributed by atoms with E-state index in [0.29, 0.717) is 25.2 Å². The number of Topliss-reactive ketones (excluding diaryl/α,β-unsaturated/α-hetero) is 1. The Bertz CT molecular complexity index is 551. The van der Waals surface area contributed by atoms with Gasteiger partial charge in [0.1, 0.15) is 12.6 Å². The molecule has 0 aromatic carbocycles.